The first kappa shape index (κ1) is 13.6. The highest BCUT2D eigenvalue weighted by Crippen LogP contribution is 2.37. The van der Waals surface area contributed by atoms with Crippen LogP contribution < -0.4 is 10.6 Å². The van der Waals surface area contributed by atoms with Gasteiger partial charge in [-0.05, 0) is 49.4 Å². The molecule has 0 saturated heterocycles. The van der Waals surface area contributed by atoms with Gasteiger partial charge in [0, 0.05) is 22.7 Å². The lowest BCUT2D eigenvalue weighted by molar-refractivity contribution is 0.632. The standard InChI is InChI=1S/C16H18N2S2/c1-10-3-4-14(13(9-10)16(17)19)18-7-5-15-12(11(18)2)6-8-20-15/h3-4,6,8-9,11H,5,7H2,1-2H3,(H2,17,19). The van der Waals surface area contributed by atoms with Crippen LogP contribution in [0.5, 0.6) is 0 Å². The van der Waals surface area contributed by atoms with E-state index in [1.165, 1.54) is 16.0 Å². The maximum atomic E-state index is 5.92. The number of hydrogen-bond acceptors (Lipinski definition) is 3. The Balaban J connectivity index is 2.04. The van der Waals surface area contributed by atoms with Gasteiger partial charge in [-0.25, -0.2) is 0 Å². The average molecular weight is 302 g/mol. The molecule has 1 aromatic carbocycles. The number of nitrogens with zero attached hydrogens (tertiary/aromatic N) is 1. The molecular weight excluding hydrogens is 284 g/mol. The highest BCUT2D eigenvalue weighted by molar-refractivity contribution is 7.80. The number of rotatable bonds is 2. The summed E-state index contributed by atoms with van der Waals surface area (Å²) in [5, 5.41) is 2.19. The van der Waals surface area contributed by atoms with Crippen molar-refractivity contribution < 1.29 is 0 Å². The largest absolute Gasteiger partial charge is 0.389 e. The second-order valence-corrected chi connectivity index (χ2v) is 6.74. The van der Waals surface area contributed by atoms with Crippen LogP contribution in [-0.2, 0) is 6.42 Å². The molecule has 2 heterocycles. The SMILES string of the molecule is Cc1ccc(N2CCc3sccc3C2C)c(C(N)=S)c1. The molecule has 1 aliphatic rings. The van der Waals surface area contributed by atoms with E-state index in [0.29, 0.717) is 11.0 Å². The Morgan fingerprint density at radius 3 is 2.95 bits per heavy atom. The minimum Gasteiger partial charge on any atom is -0.389 e. The van der Waals surface area contributed by atoms with Gasteiger partial charge >= 0.3 is 0 Å². The van der Waals surface area contributed by atoms with Crippen molar-refractivity contribution in [2.45, 2.75) is 26.3 Å². The topological polar surface area (TPSA) is 29.3 Å². The summed E-state index contributed by atoms with van der Waals surface area (Å²) in [4.78, 5) is 4.41. The molecule has 0 bridgehead atoms. The number of thiocarbonyl (C=S) groups is 1. The zero-order valence-electron chi connectivity index (χ0n) is 11.7. The first-order valence-electron chi connectivity index (χ1n) is 6.81. The summed E-state index contributed by atoms with van der Waals surface area (Å²) in [5.74, 6) is 0. The summed E-state index contributed by atoms with van der Waals surface area (Å²) in [5.41, 5.74) is 10.7. The van der Waals surface area contributed by atoms with Gasteiger partial charge in [-0.2, -0.15) is 0 Å². The van der Waals surface area contributed by atoms with E-state index in [1.54, 1.807) is 0 Å². The third-order valence-corrected chi connectivity index (χ3v) is 5.22. The number of anilines is 1. The van der Waals surface area contributed by atoms with Gasteiger partial charge in [-0.3, -0.25) is 0 Å². The highest BCUT2D eigenvalue weighted by Gasteiger charge is 2.26. The second kappa shape index (κ2) is 5.19. The van der Waals surface area contributed by atoms with Crippen molar-refractivity contribution in [3.8, 4) is 0 Å². The monoisotopic (exact) mass is 302 g/mol. The fourth-order valence-electron chi connectivity index (χ4n) is 2.94. The summed E-state index contributed by atoms with van der Waals surface area (Å²) < 4.78 is 0. The second-order valence-electron chi connectivity index (χ2n) is 5.30. The molecule has 104 valence electrons. The third kappa shape index (κ3) is 2.23. The molecule has 2 N–H and O–H groups in total. The van der Waals surface area contributed by atoms with Crippen molar-refractivity contribution in [2.75, 3.05) is 11.4 Å². The molecule has 0 saturated carbocycles. The molecule has 3 rings (SSSR count). The molecule has 2 aromatic rings. The number of benzene rings is 1. The minimum absolute atomic E-state index is 0.376. The molecule has 0 spiro atoms. The van der Waals surface area contributed by atoms with Crippen LogP contribution in [0.1, 0.15) is 34.5 Å². The molecule has 2 nitrogen and oxygen atoms in total. The van der Waals surface area contributed by atoms with Gasteiger partial charge in [-0.15, -0.1) is 11.3 Å². The molecule has 1 aliphatic heterocycles. The van der Waals surface area contributed by atoms with E-state index in [-0.39, 0.29) is 0 Å². The molecule has 1 unspecified atom stereocenters. The van der Waals surface area contributed by atoms with Crippen molar-refractivity contribution in [1.29, 1.82) is 0 Å². The lowest BCUT2D eigenvalue weighted by Gasteiger charge is -2.36. The van der Waals surface area contributed by atoms with Crippen LogP contribution >= 0.6 is 23.6 Å². The number of thiophene rings is 1. The predicted molar refractivity (Wildman–Crippen MR) is 90.9 cm³/mol. The smallest absolute Gasteiger partial charge is 0.106 e. The Kier molecular flexibility index (Phi) is 3.52. The Labute approximate surface area is 129 Å². The van der Waals surface area contributed by atoms with Crippen molar-refractivity contribution in [1.82, 2.24) is 0 Å². The summed E-state index contributed by atoms with van der Waals surface area (Å²) >= 11 is 7.09. The maximum absolute atomic E-state index is 5.92. The Bertz CT molecular complexity index is 660. The average Bonchev–Trinajstić information content (AvgIpc) is 2.89. The highest BCUT2D eigenvalue weighted by atomic mass is 32.1. The van der Waals surface area contributed by atoms with Gasteiger partial charge in [0.1, 0.15) is 4.99 Å². The van der Waals surface area contributed by atoms with Gasteiger partial charge in [0.15, 0.2) is 0 Å². The van der Waals surface area contributed by atoms with Gasteiger partial charge in [0.25, 0.3) is 0 Å². The molecule has 0 amide bonds. The molecule has 0 fully saturated rings. The molecule has 1 atom stereocenters. The normalized spacial score (nSPS) is 17.9. The van der Waals surface area contributed by atoms with Crippen LogP contribution in [0.4, 0.5) is 5.69 Å². The van der Waals surface area contributed by atoms with Crippen LogP contribution in [0.3, 0.4) is 0 Å². The third-order valence-electron chi connectivity index (χ3n) is 4.00. The van der Waals surface area contributed by atoms with E-state index in [9.17, 15) is 0 Å². The van der Waals surface area contributed by atoms with Crippen molar-refractivity contribution in [3.05, 3.63) is 51.2 Å². The Hall–Kier alpha value is -1.39. The molecular formula is C16H18N2S2. The van der Waals surface area contributed by atoms with E-state index < -0.39 is 0 Å². The fraction of sp³-hybridized carbons (Fsp3) is 0.312. The van der Waals surface area contributed by atoms with Gasteiger partial charge in [0.05, 0.1) is 6.04 Å². The number of fused-ring (bicyclic) bond motifs is 1. The summed E-state index contributed by atoms with van der Waals surface area (Å²) in [6, 6.07) is 8.99. The summed E-state index contributed by atoms with van der Waals surface area (Å²) in [6.07, 6.45) is 1.10. The first-order valence-corrected chi connectivity index (χ1v) is 8.10. The van der Waals surface area contributed by atoms with E-state index in [0.717, 1.165) is 24.2 Å². The lowest BCUT2D eigenvalue weighted by atomic mass is 9.98. The van der Waals surface area contributed by atoms with Crippen LogP contribution in [0, 0.1) is 6.92 Å². The molecule has 0 aliphatic carbocycles. The minimum atomic E-state index is 0.376. The molecule has 1 aromatic heterocycles. The van der Waals surface area contributed by atoms with Crippen LogP contribution in [-0.4, -0.2) is 11.5 Å². The summed E-state index contributed by atoms with van der Waals surface area (Å²) in [6.45, 7) is 5.35. The van der Waals surface area contributed by atoms with Crippen LogP contribution in [0.25, 0.3) is 0 Å². The zero-order chi connectivity index (χ0) is 14.3. The molecule has 4 heteroatoms. The Morgan fingerprint density at radius 2 is 2.20 bits per heavy atom. The number of aryl methyl sites for hydroxylation is 1. The Morgan fingerprint density at radius 1 is 1.40 bits per heavy atom. The lowest BCUT2D eigenvalue weighted by Crippen LogP contribution is -2.34. The van der Waals surface area contributed by atoms with Crippen molar-refractivity contribution >= 4 is 34.2 Å². The number of hydrogen-bond donors (Lipinski definition) is 1. The van der Waals surface area contributed by atoms with Crippen LogP contribution in [0.2, 0.25) is 0 Å². The molecule has 20 heavy (non-hydrogen) atoms. The maximum Gasteiger partial charge on any atom is 0.106 e. The van der Waals surface area contributed by atoms with Crippen LogP contribution in [0.15, 0.2) is 29.6 Å². The van der Waals surface area contributed by atoms with E-state index in [1.807, 2.05) is 11.3 Å². The van der Waals surface area contributed by atoms with E-state index >= 15 is 0 Å². The van der Waals surface area contributed by atoms with E-state index in [4.69, 9.17) is 18.0 Å². The quantitative estimate of drug-likeness (QED) is 0.855. The van der Waals surface area contributed by atoms with Crippen molar-refractivity contribution in [3.63, 3.8) is 0 Å². The van der Waals surface area contributed by atoms with Gasteiger partial charge in [0.2, 0.25) is 0 Å². The van der Waals surface area contributed by atoms with Crippen molar-refractivity contribution in [2.24, 2.45) is 5.73 Å². The molecule has 0 radical (unpaired) electrons. The summed E-state index contributed by atoms with van der Waals surface area (Å²) in [7, 11) is 0. The van der Waals surface area contributed by atoms with Gasteiger partial charge in [-0.1, -0.05) is 23.8 Å². The number of nitrogens with two attached hydrogens (primary N) is 1. The first-order chi connectivity index (χ1) is 9.58. The fourth-order valence-corrected chi connectivity index (χ4v) is 4.06. The predicted octanol–water partition coefficient (Wildman–Crippen LogP) is 3.81. The zero-order valence-corrected chi connectivity index (χ0v) is 13.4. The van der Waals surface area contributed by atoms with E-state index in [2.05, 4.69) is 48.4 Å². The van der Waals surface area contributed by atoms with Gasteiger partial charge < -0.3 is 10.6 Å².